The molecule has 2 aromatic rings. The number of hydrogen-bond acceptors (Lipinski definition) is 5. The van der Waals surface area contributed by atoms with Gasteiger partial charge in [0.15, 0.2) is 0 Å². The molecule has 1 atom stereocenters. The molecule has 0 radical (unpaired) electrons. The molecule has 0 spiro atoms. The maximum absolute atomic E-state index is 12.3. The van der Waals surface area contributed by atoms with Gasteiger partial charge < -0.3 is 14.8 Å². The molecule has 0 heterocycles. The fraction of sp³-hybridized carbons (Fsp3) is 0.278. The van der Waals surface area contributed by atoms with Gasteiger partial charge in [0.05, 0.1) is 12.0 Å². The molecule has 0 aliphatic rings. The molecule has 7 nitrogen and oxygen atoms in total. The van der Waals surface area contributed by atoms with Crippen molar-refractivity contribution in [2.24, 2.45) is 0 Å². The van der Waals surface area contributed by atoms with E-state index in [-0.39, 0.29) is 24.2 Å². The van der Waals surface area contributed by atoms with Crippen LogP contribution in [0.3, 0.4) is 0 Å². The average Bonchev–Trinajstić information content (AvgIpc) is 2.62. The Labute approximate surface area is 145 Å². The molecule has 7 heteroatoms. The van der Waals surface area contributed by atoms with E-state index in [0.717, 1.165) is 5.56 Å². The van der Waals surface area contributed by atoms with Crippen LogP contribution in [-0.2, 0) is 4.74 Å². The number of para-hydroxylation sites is 1. The number of carbonyl (C=O) groups excluding carboxylic acids is 1. The molecule has 0 fully saturated rings. The van der Waals surface area contributed by atoms with Crippen LogP contribution >= 0.6 is 0 Å². The molecule has 0 aliphatic carbocycles. The van der Waals surface area contributed by atoms with Crippen LogP contribution in [0, 0.1) is 17.0 Å². The molecule has 2 aromatic carbocycles. The number of nitro benzene ring substituents is 1. The van der Waals surface area contributed by atoms with E-state index in [1.54, 1.807) is 21.1 Å². The predicted octanol–water partition coefficient (Wildman–Crippen LogP) is 3.03. The number of aryl methyl sites for hydroxylation is 1. The van der Waals surface area contributed by atoms with E-state index in [0.29, 0.717) is 16.9 Å². The Morgan fingerprint density at radius 1 is 1.24 bits per heavy atom. The van der Waals surface area contributed by atoms with Gasteiger partial charge in [-0.05, 0) is 25.1 Å². The molecule has 0 saturated carbocycles. The minimum absolute atomic E-state index is 0.0136. The van der Waals surface area contributed by atoms with Crippen LogP contribution < -0.4 is 10.1 Å². The minimum Gasteiger partial charge on any atom is -0.496 e. The Morgan fingerprint density at radius 3 is 2.56 bits per heavy atom. The van der Waals surface area contributed by atoms with Crippen molar-refractivity contribution in [3.63, 3.8) is 0 Å². The Hall–Kier alpha value is -2.93. The first kappa shape index (κ1) is 18.4. The summed E-state index contributed by atoms with van der Waals surface area (Å²) in [6.45, 7) is 1.84. The average molecular weight is 344 g/mol. The second-order valence-electron chi connectivity index (χ2n) is 5.43. The van der Waals surface area contributed by atoms with Crippen LogP contribution in [0.15, 0.2) is 42.5 Å². The zero-order valence-corrected chi connectivity index (χ0v) is 14.3. The highest BCUT2D eigenvalue weighted by atomic mass is 16.6. The predicted molar refractivity (Wildman–Crippen MR) is 92.9 cm³/mol. The summed E-state index contributed by atoms with van der Waals surface area (Å²) in [5, 5.41) is 13.6. The van der Waals surface area contributed by atoms with Gasteiger partial charge in [-0.25, -0.2) is 0 Å². The van der Waals surface area contributed by atoms with Gasteiger partial charge >= 0.3 is 0 Å². The first-order chi connectivity index (χ1) is 12.0. The second kappa shape index (κ2) is 8.25. The zero-order valence-electron chi connectivity index (χ0n) is 14.3. The van der Waals surface area contributed by atoms with Crippen molar-refractivity contribution in [2.75, 3.05) is 20.8 Å². The van der Waals surface area contributed by atoms with Gasteiger partial charge in [0.25, 0.3) is 11.6 Å². The van der Waals surface area contributed by atoms with Crippen LogP contribution in [0.5, 0.6) is 5.75 Å². The minimum atomic E-state index is -0.473. The van der Waals surface area contributed by atoms with E-state index in [2.05, 4.69) is 5.32 Å². The highest BCUT2D eigenvalue weighted by molar-refractivity contribution is 5.94. The quantitative estimate of drug-likeness (QED) is 0.616. The van der Waals surface area contributed by atoms with Crippen LogP contribution in [0.25, 0.3) is 0 Å². The van der Waals surface area contributed by atoms with E-state index < -0.39 is 4.92 Å². The second-order valence-corrected chi connectivity index (χ2v) is 5.43. The van der Waals surface area contributed by atoms with E-state index in [1.165, 1.54) is 18.2 Å². The van der Waals surface area contributed by atoms with Gasteiger partial charge in [-0.15, -0.1) is 0 Å². The van der Waals surface area contributed by atoms with Crippen molar-refractivity contribution < 1.29 is 19.2 Å². The first-order valence-electron chi connectivity index (χ1n) is 7.67. The SMILES string of the molecule is COc1ccccc1C(CNC(=O)c1ccc([N+](=O)[O-])c(C)c1)OC. The number of carbonyl (C=O) groups is 1. The summed E-state index contributed by atoms with van der Waals surface area (Å²) in [6, 6.07) is 11.7. The summed E-state index contributed by atoms with van der Waals surface area (Å²) in [5.74, 6) is 0.352. The maximum Gasteiger partial charge on any atom is 0.272 e. The molecule has 1 N–H and O–H groups in total. The van der Waals surface area contributed by atoms with Crippen LogP contribution in [0.2, 0.25) is 0 Å². The highest BCUT2D eigenvalue weighted by Crippen LogP contribution is 2.26. The largest absolute Gasteiger partial charge is 0.496 e. The van der Waals surface area contributed by atoms with E-state index in [9.17, 15) is 14.9 Å². The fourth-order valence-electron chi connectivity index (χ4n) is 2.54. The number of benzene rings is 2. The standard InChI is InChI=1S/C18H20N2O5/c1-12-10-13(8-9-15(12)20(22)23)18(21)19-11-17(25-3)14-6-4-5-7-16(14)24-2/h4-10,17H,11H2,1-3H3,(H,19,21). The Bertz CT molecular complexity index is 776. The molecule has 132 valence electrons. The van der Waals surface area contributed by atoms with Gasteiger partial charge in [0, 0.05) is 36.4 Å². The molecule has 1 unspecified atom stereocenters. The van der Waals surface area contributed by atoms with Gasteiger partial charge in [0.2, 0.25) is 0 Å². The van der Waals surface area contributed by atoms with Gasteiger partial charge in [-0.2, -0.15) is 0 Å². The van der Waals surface area contributed by atoms with Crippen LogP contribution in [-0.4, -0.2) is 31.6 Å². The molecule has 0 saturated heterocycles. The summed E-state index contributed by atoms with van der Waals surface area (Å²) < 4.78 is 10.8. The molecule has 0 aromatic heterocycles. The Kier molecular flexibility index (Phi) is 6.08. The molecular weight excluding hydrogens is 324 g/mol. The number of nitro groups is 1. The maximum atomic E-state index is 12.3. The number of nitrogens with one attached hydrogen (secondary N) is 1. The summed E-state index contributed by atoms with van der Waals surface area (Å²) in [6.07, 6.45) is -0.376. The number of hydrogen-bond donors (Lipinski definition) is 1. The van der Waals surface area contributed by atoms with Crippen molar-refractivity contribution in [1.29, 1.82) is 0 Å². The highest BCUT2D eigenvalue weighted by Gasteiger charge is 2.18. The Balaban J connectivity index is 2.10. The molecule has 1 amide bonds. The van der Waals surface area contributed by atoms with E-state index in [4.69, 9.17) is 9.47 Å². The summed E-state index contributed by atoms with van der Waals surface area (Å²) in [5.41, 5.74) is 1.61. The van der Waals surface area contributed by atoms with E-state index >= 15 is 0 Å². The molecular formula is C18H20N2O5. The zero-order chi connectivity index (χ0) is 18.4. The summed E-state index contributed by atoms with van der Waals surface area (Å²) >= 11 is 0. The molecule has 25 heavy (non-hydrogen) atoms. The van der Waals surface area contributed by atoms with Gasteiger partial charge in [0.1, 0.15) is 11.9 Å². The fourth-order valence-corrected chi connectivity index (χ4v) is 2.54. The van der Waals surface area contributed by atoms with Gasteiger partial charge in [-0.1, -0.05) is 18.2 Å². The first-order valence-corrected chi connectivity index (χ1v) is 7.67. The monoisotopic (exact) mass is 344 g/mol. The van der Waals surface area contributed by atoms with Crippen LogP contribution in [0.1, 0.15) is 27.6 Å². The Morgan fingerprint density at radius 2 is 1.96 bits per heavy atom. The van der Waals surface area contributed by atoms with Crippen LogP contribution in [0.4, 0.5) is 5.69 Å². The lowest BCUT2D eigenvalue weighted by atomic mass is 10.1. The lowest BCUT2D eigenvalue weighted by Gasteiger charge is -2.19. The van der Waals surface area contributed by atoms with Crippen molar-refractivity contribution in [3.8, 4) is 5.75 Å². The third-order valence-electron chi connectivity index (χ3n) is 3.87. The summed E-state index contributed by atoms with van der Waals surface area (Å²) in [7, 11) is 3.13. The lowest BCUT2D eigenvalue weighted by molar-refractivity contribution is -0.385. The number of nitrogens with zero attached hydrogens (tertiary/aromatic N) is 1. The normalized spacial score (nSPS) is 11.6. The van der Waals surface area contributed by atoms with Crippen molar-refractivity contribution in [3.05, 3.63) is 69.3 Å². The third-order valence-corrected chi connectivity index (χ3v) is 3.87. The molecule has 2 rings (SSSR count). The lowest BCUT2D eigenvalue weighted by Crippen LogP contribution is -2.29. The topological polar surface area (TPSA) is 90.7 Å². The third kappa shape index (κ3) is 4.33. The molecule has 0 bridgehead atoms. The summed E-state index contributed by atoms with van der Waals surface area (Å²) in [4.78, 5) is 22.7. The number of amides is 1. The number of ether oxygens (including phenoxy) is 2. The van der Waals surface area contributed by atoms with Crippen molar-refractivity contribution >= 4 is 11.6 Å². The van der Waals surface area contributed by atoms with Crippen molar-refractivity contribution in [1.82, 2.24) is 5.32 Å². The molecule has 0 aliphatic heterocycles. The van der Waals surface area contributed by atoms with Gasteiger partial charge in [-0.3, -0.25) is 14.9 Å². The number of rotatable bonds is 7. The van der Waals surface area contributed by atoms with Crippen molar-refractivity contribution in [2.45, 2.75) is 13.0 Å². The van der Waals surface area contributed by atoms with E-state index in [1.807, 2.05) is 24.3 Å². The smallest absolute Gasteiger partial charge is 0.272 e. The number of methoxy groups -OCH3 is 2.